The van der Waals surface area contributed by atoms with Gasteiger partial charge in [0.15, 0.2) is 0 Å². The molecule has 1 aliphatic carbocycles. The van der Waals surface area contributed by atoms with Crippen molar-refractivity contribution in [2.75, 3.05) is 0 Å². The van der Waals surface area contributed by atoms with Crippen molar-refractivity contribution in [1.29, 1.82) is 0 Å². The molecule has 64 valence electrons. The normalized spacial score (nSPS) is 37.2. The van der Waals surface area contributed by atoms with Crippen molar-refractivity contribution in [3.63, 3.8) is 0 Å². The number of rotatable bonds is 1. The average Bonchev–Trinajstić information content (AvgIpc) is 2.09. The van der Waals surface area contributed by atoms with Gasteiger partial charge >= 0.3 is 0 Å². The number of carbonyl (C=O) groups excluding carboxylic acids is 1. The van der Waals surface area contributed by atoms with E-state index >= 15 is 0 Å². The van der Waals surface area contributed by atoms with Crippen LogP contribution in [0.5, 0.6) is 0 Å². The molecular weight excluding hydrogens is 140 g/mol. The van der Waals surface area contributed by atoms with E-state index < -0.39 is 0 Å². The van der Waals surface area contributed by atoms with E-state index in [1.165, 1.54) is 6.92 Å². The number of carbonyl (C=O) groups is 1. The van der Waals surface area contributed by atoms with E-state index in [2.05, 4.69) is 12.2 Å². The Bertz CT molecular complexity index is 158. The van der Waals surface area contributed by atoms with Crippen molar-refractivity contribution >= 4 is 5.91 Å². The van der Waals surface area contributed by atoms with Gasteiger partial charge in [-0.3, -0.25) is 4.79 Å². The van der Waals surface area contributed by atoms with Crippen LogP contribution >= 0.6 is 0 Å². The van der Waals surface area contributed by atoms with E-state index in [0.29, 0.717) is 5.92 Å². The molecule has 3 heteroatoms. The van der Waals surface area contributed by atoms with E-state index in [-0.39, 0.29) is 18.0 Å². The van der Waals surface area contributed by atoms with Gasteiger partial charge in [0.2, 0.25) is 5.91 Å². The van der Waals surface area contributed by atoms with Crippen molar-refractivity contribution in [1.82, 2.24) is 5.32 Å². The van der Waals surface area contributed by atoms with E-state index in [1.807, 2.05) is 0 Å². The van der Waals surface area contributed by atoms with Crippen molar-refractivity contribution < 1.29 is 4.79 Å². The van der Waals surface area contributed by atoms with Crippen LogP contribution in [0.3, 0.4) is 0 Å². The third-order valence-corrected chi connectivity index (χ3v) is 2.24. The summed E-state index contributed by atoms with van der Waals surface area (Å²) in [6, 6.07) is 0.372. The standard InChI is InChI=1S/C8H16N2O/c1-5-3-7(9)8(4-5)10-6(2)11/h5,7-8H,3-4,9H2,1-2H3,(H,10,11)/t5-,7-,8-/m0/s1. The number of amides is 1. The van der Waals surface area contributed by atoms with E-state index in [4.69, 9.17) is 5.73 Å². The van der Waals surface area contributed by atoms with E-state index in [0.717, 1.165) is 12.8 Å². The Hall–Kier alpha value is -0.570. The van der Waals surface area contributed by atoms with Gasteiger partial charge in [-0.2, -0.15) is 0 Å². The van der Waals surface area contributed by atoms with Crippen LogP contribution in [0.1, 0.15) is 26.7 Å². The van der Waals surface area contributed by atoms with Gasteiger partial charge in [0.1, 0.15) is 0 Å². The van der Waals surface area contributed by atoms with E-state index in [9.17, 15) is 4.79 Å². The molecule has 0 aromatic rings. The Morgan fingerprint density at radius 2 is 2.18 bits per heavy atom. The molecule has 0 heterocycles. The molecule has 1 amide bonds. The molecule has 0 aliphatic heterocycles. The van der Waals surface area contributed by atoms with Gasteiger partial charge in [-0.1, -0.05) is 6.92 Å². The number of nitrogens with two attached hydrogens (primary N) is 1. The molecule has 1 rings (SSSR count). The molecule has 0 aromatic heterocycles. The quantitative estimate of drug-likeness (QED) is 0.571. The Balaban J connectivity index is 2.40. The zero-order chi connectivity index (χ0) is 8.43. The summed E-state index contributed by atoms with van der Waals surface area (Å²) in [7, 11) is 0. The first-order valence-electron chi connectivity index (χ1n) is 4.12. The van der Waals surface area contributed by atoms with Gasteiger partial charge in [0.25, 0.3) is 0 Å². The maximum absolute atomic E-state index is 10.7. The first kappa shape index (κ1) is 8.53. The smallest absolute Gasteiger partial charge is 0.217 e. The lowest BCUT2D eigenvalue weighted by atomic mass is 10.1. The second-order valence-electron chi connectivity index (χ2n) is 3.55. The number of hydrogen-bond donors (Lipinski definition) is 2. The zero-order valence-electron chi connectivity index (χ0n) is 7.13. The maximum atomic E-state index is 10.7. The lowest BCUT2D eigenvalue weighted by Gasteiger charge is -2.15. The molecule has 0 aromatic carbocycles. The van der Waals surface area contributed by atoms with Gasteiger partial charge < -0.3 is 11.1 Å². The fourth-order valence-electron chi connectivity index (χ4n) is 1.76. The summed E-state index contributed by atoms with van der Waals surface area (Å²) in [5.41, 5.74) is 5.80. The molecule has 11 heavy (non-hydrogen) atoms. The first-order chi connectivity index (χ1) is 5.09. The molecule has 3 atom stereocenters. The van der Waals surface area contributed by atoms with Gasteiger partial charge in [-0.25, -0.2) is 0 Å². The molecule has 3 nitrogen and oxygen atoms in total. The molecule has 0 spiro atoms. The highest BCUT2D eigenvalue weighted by atomic mass is 16.1. The minimum atomic E-state index is 0.0274. The second kappa shape index (κ2) is 3.22. The minimum Gasteiger partial charge on any atom is -0.352 e. The summed E-state index contributed by atoms with van der Waals surface area (Å²) in [5, 5.41) is 2.86. The van der Waals surface area contributed by atoms with Crippen LogP contribution in [0.15, 0.2) is 0 Å². The summed E-state index contributed by atoms with van der Waals surface area (Å²) in [5.74, 6) is 0.682. The SMILES string of the molecule is CC(=O)N[C@H]1C[C@@H](C)C[C@@H]1N. The third kappa shape index (κ3) is 2.19. The van der Waals surface area contributed by atoms with Crippen LogP contribution in [0, 0.1) is 5.92 Å². The molecule has 0 bridgehead atoms. The van der Waals surface area contributed by atoms with Gasteiger partial charge in [-0.05, 0) is 18.8 Å². The predicted molar refractivity (Wildman–Crippen MR) is 44.0 cm³/mol. The zero-order valence-corrected chi connectivity index (χ0v) is 7.13. The maximum Gasteiger partial charge on any atom is 0.217 e. The monoisotopic (exact) mass is 156 g/mol. The molecule has 0 saturated heterocycles. The number of nitrogens with one attached hydrogen (secondary N) is 1. The highest BCUT2D eigenvalue weighted by Gasteiger charge is 2.29. The lowest BCUT2D eigenvalue weighted by Crippen LogP contribution is -2.42. The summed E-state index contributed by atoms with van der Waals surface area (Å²) in [6.07, 6.45) is 2.06. The Morgan fingerprint density at radius 1 is 1.55 bits per heavy atom. The molecular formula is C8H16N2O. The molecule has 1 aliphatic rings. The van der Waals surface area contributed by atoms with Gasteiger partial charge in [0, 0.05) is 19.0 Å². The summed E-state index contributed by atoms with van der Waals surface area (Å²) in [6.45, 7) is 3.71. The van der Waals surface area contributed by atoms with Gasteiger partial charge in [0.05, 0.1) is 0 Å². The van der Waals surface area contributed by atoms with Gasteiger partial charge in [-0.15, -0.1) is 0 Å². The summed E-state index contributed by atoms with van der Waals surface area (Å²) >= 11 is 0. The fraction of sp³-hybridized carbons (Fsp3) is 0.875. The Kier molecular flexibility index (Phi) is 2.49. The van der Waals surface area contributed by atoms with Crippen molar-refractivity contribution in [3.05, 3.63) is 0 Å². The fourth-order valence-corrected chi connectivity index (χ4v) is 1.76. The molecule has 0 unspecified atom stereocenters. The van der Waals surface area contributed by atoms with Crippen LogP contribution in [0.25, 0.3) is 0 Å². The highest BCUT2D eigenvalue weighted by molar-refractivity contribution is 5.73. The second-order valence-corrected chi connectivity index (χ2v) is 3.55. The molecule has 1 fully saturated rings. The van der Waals surface area contributed by atoms with Crippen LogP contribution in [0.2, 0.25) is 0 Å². The largest absolute Gasteiger partial charge is 0.352 e. The molecule has 0 radical (unpaired) electrons. The predicted octanol–water partition coefficient (Wildman–Crippen LogP) is 0.248. The molecule has 1 saturated carbocycles. The average molecular weight is 156 g/mol. The van der Waals surface area contributed by atoms with Crippen LogP contribution in [-0.4, -0.2) is 18.0 Å². The minimum absolute atomic E-state index is 0.0274. The highest BCUT2D eigenvalue weighted by Crippen LogP contribution is 2.23. The summed E-state index contributed by atoms with van der Waals surface area (Å²) in [4.78, 5) is 10.7. The van der Waals surface area contributed by atoms with Crippen molar-refractivity contribution in [3.8, 4) is 0 Å². The van der Waals surface area contributed by atoms with Crippen LogP contribution < -0.4 is 11.1 Å². The third-order valence-electron chi connectivity index (χ3n) is 2.24. The first-order valence-corrected chi connectivity index (χ1v) is 4.12. The Labute approximate surface area is 67.3 Å². The topological polar surface area (TPSA) is 55.1 Å². The van der Waals surface area contributed by atoms with Crippen LogP contribution in [-0.2, 0) is 4.79 Å². The lowest BCUT2D eigenvalue weighted by molar-refractivity contribution is -0.119. The molecule has 3 N–H and O–H groups in total. The van der Waals surface area contributed by atoms with E-state index in [1.54, 1.807) is 0 Å². The van der Waals surface area contributed by atoms with Crippen molar-refractivity contribution in [2.24, 2.45) is 11.7 Å². The number of hydrogen-bond acceptors (Lipinski definition) is 2. The van der Waals surface area contributed by atoms with Crippen LogP contribution in [0.4, 0.5) is 0 Å². The van der Waals surface area contributed by atoms with Crippen molar-refractivity contribution in [2.45, 2.75) is 38.8 Å². The Morgan fingerprint density at radius 3 is 2.55 bits per heavy atom. The summed E-state index contributed by atoms with van der Waals surface area (Å²) < 4.78 is 0.